The minimum absolute atomic E-state index is 0. The van der Waals surface area contributed by atoms with Crippen LogP contribution in [0, 0.1) is 0 Å². The summed E-state index contributed by atoms with van der Waals surface area (Å²) in [5.41, 5.74) is 0.416. The van der Waals surface area contributed by atoms with Crippen LogP contribution in [-0.2, 0) is 23.2 Å². The Bertz CT molecular complexity index is 1240. The summed E-state index contributed by atoms with van der Waals surface area (Å²) in [6, 6.07) is 9.00. The summed E-state index contributed by atoms with van der Waals surface area (Å²) in [5.74, 6) is 0. The Balaban J connectivity index is 0.00000320. The van der Waals surface area contributed by atoms with Gasteiger partial charge in [-0.25, -0.2) is 18.1 Å². The molecule has 162 valence electrons. The number of rotatable bonds is 4. The largest absolute Gasteiger partial charge is 0.416 e. The van der Waals surface area contributed by atoms with E-state index in [9.17, 15) is 21.6 Å². The number of thiazole rings is 1. The van der Waals surface area contributed by atoms with Gasteiger partial charge in [0.15, 0.2) is 4.80 Å². The summed E-state index contributed by atoms with van der Waals surface area (Å²) in [5, 5.41) is 2.04. The zero-order valence-corrected chi connectivity index (χ0v) is 19.7. The lowest BCUT2D eigenvalue weighted by Gasteiger charge is -2.09. The molecule has 5 nitrogen and oxygen atoms in total. The van der Waals surface area contributed by atoms with Crippen molar-refractivity contribution in [3.8, 4) is 11.3 Å². The maximum atomic E-state index is 12.9. The van der Waals surface area contributed by atoms with E-state index in [2.05, 4.69) is 9.71 Å². The number of hydrogen-bond acceptors (Lipinski definition) is 4. The molecule has 0 atom stereocenters. The van der Waals surface area contributed by atoms with Gasteiger partial charge in [-0.3, -0.25) is 0 Å². The Morgan fingerprint density at radius 2 is 1.87 bits per heavy atom. The molecular formula is C18H16BrClF3N3O2S2. The third kappa shape index (κ3) is 5.14. The zero-order chi connectivity index (χ0) is 21.4. The number of benzene rings is 2. The zero-order valence-electron chi connectivity index (χ0n) is 15.6. The van der Waals surface area contributed by atoms with Crippen LogP contribution in [0.3, 0.4) is 0 Å². The first-order valence-corrected chi connectivity index (χ1v) is 10.9. The fourth-order valence-corrected chi connectivity index (χ4v) is 4.45. The van der Waals surface area contributed by atoms with Crippen molar-refractivity contribution in [2.24, 2.45) is 12.0 Å². The second-order valence-corrected chi connectivity index (χ2v) is 9.10. The highest BCUT2D eigenvalue weighted by Crippen LogP contribution is 2.32. The van der Waals surface area contributed by atoms with E-state index < -0.39 is 21.8 Å². The molecule has 0 spiro atoms. The average Bonchev–Trinajstić information content (AvgIpc) is 3.02. The summed E-state index contributed by atoms with van der Waals surface area (Å²) in [4.78, 5) is 4.76. The van der Waals surface area contributed by atoms with Crippen molar-refractivity contribution in [3.63, 3.8) is 0 Å². The van der Waals surface area contributed by atoms with Crippen LogP contribution in [0.15, 0.2) is 57.7 Å². The smallest absolute Gasteiger partial charge is 0.319 e. The van der Waals surface area contributed by atoms with Gasteiger partial charge in [0.2, 0.25) is 10.0 Å². The number of halogens is 5. The van der Waals surface area contributed by atoms with Crippen molar-refractivity contribution in [3.05, 3.63) is 63.2 Å². The van der Waals surface area contributed by atoms with E-state index in [0.29, 0.717) is 21.1 Å². The molecule has 1 N–H and O–H groups in total. The second kappa shape index (κ2) is 9.23. The molecule has 0 fully saturated rings. The molecule has 0 amide bonds. The van der Waals surface area contributed by atoms with Crippen LogP contribution >= 0.6 is 39.9 Å². The topological polar surface area (TPSA) is 63.5 Å². The van der Waals surface area contributed by atoms with Crippen molar-refractivity contribution >= 4 is 55.6 Å². The maximum absolute atomic E-state index is 12.9. The molecule has 0 aliphatic carbocycles. The molecule has 0 saturated heterocycles. The molecule has 0 bridgehead atoms. The predicted octanol–water partition coefficient (Wildman–Crippen LogP) is 5.14. The molecule has 3 rings (SSSR count). The molecule has 0 aliphatic heterocycles. The third-order valence-corrected chi connectivity index (χ3v) is 6.77. The Hall–Kier alpha value is -1.66. The molecule has 0 aliphatic rings. The average molecular weight is 543 g/mol. The van der Waals surface area contributed by atoms with Gasteiger partial charge in [-0.15, -0.1) is 28.3 Å². The standard InChI is InChI=1S/C18H15ClF3N3O2S2.BrH/c1-23-29(26,27)13-6-7-15(19)14(9-13)16-10-28-17(25(16)2)24-12-5-3-4-11(8-12)18(20,21)22;/h3-10,23H,1-2H3;1H/b24-17+;. The molecule has 1 aromatic heterocycles. The lowest BCUT2D eigenvalue weighted by Crippen LogP contribution is -2.18. The van der Waals surface area contributed by atoms with Gasteiger partial charge < -0.3 is 4.57 Å². The number of aromatic nitrogens is 1. The van der Waals surface area contributed by atoms with Gasteiger partial charge in [-0.05, 0) is 43.4 Å². The van der Waals surface area contributed by atoms with Gasteiger partial charge in [-0.1, -0.05) is 17.7 Å². The van der Waals surface area contributed by atoms with E-state index >= 15 is 0 Å². The molecule has 12 heteroatoms. The fourth-order valence-electron chi connectivity index (χ4n) is 2.56. The molecule has 0 radical (unpaired) electrons. The molecule has 1 heterocycles. The quantitative estimate of drug-likeness (QED) is 0.496. The van der Waals surface area contributed by atoms with Gasteiger partial charge in [0.25, 0.3) is 0 Å². The third-order valence-electron chi connectivity index (χ3n) is 4.12. The molecule has 0 unspecified atom stereocenters. The van der Waals surface area contributed by atoms with Crippen molar-refractivity contribution in [2.75, 3.05) is 7.05 Å². The highest BCUT2D eigenvalue weighted by atomic mass is 79.9. The van der Waals surface area contributed by atoms with Crippen LogP contribution in [0.25, 0.3) is 11.3 Å². The first kappa shape index (κ1) is 24.6. The van der Waals surface area contributed by atoms with Gasteiger partial charge in [-0.2, -0.15) is 13.2 Å². The number of sulfonamides is 1. The van der Waals surface area contributed by atoms with Crippen LogP contribution in [-0.4, -0.2) is 20.0 Å². The summed E-state index contributed by atoms with van der Waals surface area (Å²) in [7, 11) is -0.683. The van der Waals surface area contributed by atoms with Crippen LogP contribution in [0.1, 0.15) is 5.56 Å². The molecule has 3 aromatic rings. The van der Waals surface area contributed by atoms with E-state index in [4.69, 9.17) is 11.6 Å². The van der Waals surface area contributed by atoms with Gasteiger partial charge >= 0.3 is 6.18 Å². The van der Waals surface area contributed by atoms with Crippen LogP contribution in [0.5, 0.6) is 0 Å². The highest BCUT2D eigenvalue weighted by Gasteiger charge is 2.30. The highest BCUT2D eigenvalue weighted by molar-refractivity contribution is 8.93. The summed E-state index contributed by atoms with van der Waals surface area (Å²) in [6.07, 6.45) is -4.46. The number of alkyl halides is 3. The molecular weight excluding hydrogens is 527 g/mol. The molecule has 30 heavy (non-hydrogen) atoms. The van der Waals surface area contributed by atoms with Crippen molar-refractivity contribution < 1.29 is 21.6 Å². The minimum Gasteiger partial charge on any atom is -0.319 e. The summed E-state index contributed by atoms with van der Waals surface area (Å²) >= 11 is 7.46. The van der Waals surface area contributed by atoms with E-state index in [1.54, 1.807) is 17.0 Å². The number of hydrogen-bond donors (Lipinski definition) is 1. The molecule has 2 aromatic carbocycles. The van der Waals surface area contributed by atoms with E-state index in [1.807, 2.05) is 0 Å². The van der Waals surface area contributed by atoms with Crippen LogP contribution < -0.4 is 9.52 Å². The Labute approximate surface area is 190 Å². The van der Waals surface area contributed by atoms with Crippen LogP contribution in [0.2, 0.25) is 5.02 Å². The van der Waals surface area contributed by atoms with E-state index in [-0.39, 0.29) is 27.6 Å². The van der Waals surface area contributed by atoms with Gasteiger partial charge in [0.05, 0.1) is 21.8 Å². The summed E-state index contributed by atoms with van der Waals surface area (Å²) < 4.78 is 66.7. The van der Waals surface area contributed by atoms with Crippen molar-refractivity contribution in [1.29, 1.82) is 0 Å². The predicted molar refractivity (Wildman–Crippen MR) is 117 cm³/mol. The lowest BCUT2D eigenvalue weighted by atomic mass is 10.2. The number of nitrogens with zero attached hydrogens (tertiary/aromatic N) is 2. The Morgan fingerprint density at radius 1 is 1.17 bits per heavy atom. The van der Waals surface area contributed by atoms with Gasteiger partial charge in [0, 0.05) is 23.0 Å². The fraction of sp³-hybridized carbons (Fsp3) is 0.167. The first-order chi connectivity index (χ1) is 13.5. The monoisotopic (exact) mass is 541 g/mol. The maximum Gasteiger partial charge on any atom is 0.416 e. The first-order valence-electron chi connectivity index (χ1n) is 8.13. The SMILES string of the molecule is Br.CNS(=O)(=O)c1ccc(Cl)c(-c2cs/c(=N/c3cccc(C(F)(F)F)c3)n2C)c1. The van der Waals surface area contributed by atoms with Gasteiger partial charge in [0.1, 0.15) is 0 Å². The normalized spacial score (nSPS) is 12.7. The Morgan fingerprint density at radius 3 is 2.50 bits per heavy atom. The van der Waals surface area contributed by atoms with E-state index in [1.165, 1.54) is 48.7 Å². The van der Waals surface area contributed by atoms with E-state index in [0.717, 1.165) is 12.1 Å². The van der Waals surface area contributed by atoms with Crippen LogP contribution in [0.4, 0.5) is 18.9 Å². The van der Waals surface area contributed by atoms with Crippen molar-refractivity contribution in [1.82, 2.24) is 9.29 Å². The van der Waals surface area contributed by atoms with Crippen molar-refractivity contribution in [2.45, 2.75) is 11.1 Å². The lowest BCUT2D eigenvalue weighted by molar-refractivity contribution is -0.137. The number of nitrogens with one attached hydrogen (secondary N) is 1. The summed E-state index contributed by atoms with van der Waals surface area (Å²) in [6.45, 7) is 0. The minimum atomic E-state index is -4.46. The second-order valence-electron chi connectivity index (χ2n) is 5.97. The Kier molecular flexibility index (Phi) is 7.57. The molecule has 0 saturated carbocycles.